The monoisotopic (exact) mass is 337 g/mol. The van der Waals surface area contributed by atoms with Crippen LogP contribution < -0.4 is 0 Å². The first-order valence-electron chi connectivity index (χ1n) is 8.26. The standard InChI is InChI=1S/C20H23N3S/c1-14(2)19-21-22-20(23(19)18-11-6-5-9-16(18)4)24-13-17-10-7-8-15(3)12-17/h5-12,14H,13H2,1-4H3. The zero-order chi connectivity index (χ0) is 17.1. The first kappa shape index (κ1) is 16.8. The maximum atomic E-state index is 4.47. The molecule has 0 N–H and O–H groups in total. The molecule has 2 aromatic carbocycles. The number of aryl methyl sites for hydroxylation is 2. The van der Waals surface area contributed by atoms with Gasteiger partial charge in [0, 0.05) is 11.7 Å². The number of aromatic nitrogens is 3. The molecule has 0 bridgehead atoms. The molecule has 0 fully saturated rings. The lowest BCUT2D eigenvalue weighted by Gasteiger charge is -2.14. The topological polar surface area (TPSA) is 30.7 Å². The van der Waals surface area contributed by atoms with E-state index in [-0.39, 0.29) is 0 Å². The van der Waals surface area contributed by atoms with Crippen molar-refractivity contribution in [3.05, 3.63) is 71.0 Å². The molecule has 3 rings (SSSR count). The van der Waals surface area contributed by atoms with Gasteiger partial charge in [0.15, 0.2) is 5.16 Å². The van der Waals surface area contributed by atoms with Crippen molar-refractivity contribution < 1.29 is 0 Å². The first-order chi connectivity index (χ1) is 11.6. The van der Waals surface area contributed by atoms with Gasteiger partial charge >= 0.3 is 0 Å². The van der Waals surface area contributed by atoms with Crippen LogP contribution in [0.1, 0.15) is 42.3 Å². The maximum Gasteiger partial charge on any atom is 0.196 e. The summed E-state index contributed by atoms with van der Waals surface area (Å²) in [5.74, 6) is 2.23. The Morgan fingerprint density at radius 3 is 2.50 bits per heavy atom. The van der Waals surface area contributed by atoms with Gasteiger partial charge in [-0.2, -0.15) is 0 Å². The van der Waals surface area contributed by atoms with Crippen molar-refractivity contribution in [3.8, 4) is 5.69 Å². The van der Waals surface area contributed by atoms with Crippen LogP contribution in [0.2, 0.25) is 0 Å². The van der Waals surface area contributed by atoms with Crippen LogP contribution in [0.25, 0.3) is 5.69 Å². The van der Waals surface area contributed by atoms with Gasteiger partial charge in [-0.3, -0.25) is 4.57 Å². The molecule has 4 heteroatoms. The van der Waals surface area contributed by atoms with Crippen molar-refractivity contribution in [2.75, 3.05) is 0 Å². The predicted molar refractivity (Wildman–Crippen MR) is 101 cm³/mol. The fraction of sp³-hybridized carbons (Fsp3) is 0.300. The van der Waals surface area contributed by atoms with E-state index in [2.05, 4.69) is 91.0 Å². The number of rotatable bonds is 5. The molecule has 0 aliphatic rings. The van der Waals surface area contributed by atoms with Crippen molar-refractivity contribution in [2.45, 2.75) is 44.5 Å². The Labute approximate surface area is 148 Å². The van der Waals surface area contributed by atoms with Crippen LogP contribution in [0.15, 0.2) is 53.7 Å². The summed E-state index contributed by atoms with van der Waals surface area (Å²) in [5.41, 5.74) is 5.00. The van der Waals surface area contributed by atoms with E-state index in [0.717, 1.165) is 22.4 Å². The summed E-state index contributed by atoms with van der Waals surface area (Å²) in [7, 11) is 0. The van der Waals surface area contributed by atoms with Crippen molar-refractivity contribution in [3.63, 3.8) is 0 Å². The highest BCUT2D eigenvalue weighted by Gasteiger charge is 2.18. The molecular weight excluding hydrogens is 314 g/mol. The van der Waals surface area contributed by atoms with Gasteiger partial charge in [0.1, 0.15) is 5.82 Å². The van der Waals surface area contributed by atoms with Gasteiger partial charge in [0.2, 0.25) is 0 Å². The summed E-state index contributed by atoms with van der Waals surface area (Å²) < 4.78 is 2.21. The summed E-state index contributed by atoms with van der Waals surface area (Å²) in [4.78, 5) is 0. The normalized spacial score (nSPS) is 11.2. The van der Waals surface area contributed by atoms with Gasteiger partial charge in [-0.05, 0) is 31.0 Å². The Bertz CT molecular complexity index is 836. The molecule has 0 spiro atoms. The van der Waals surface area contributed by atoms with Crippen molar-refractivity contribution >= 4 is 11.8 Å². The number of thioether (sulfide) groups is 1. The van der Waals surface area contributed by atoms with Crippen molar-refractivity contribution in [1.29, 1.82) is 0 Å². The van der Waals surface area contributed by atoms with Crippen LogP contribution in [0, 0.1) is 13.8 Å². The second kappa shape index (κ2) is 7.22. The molecule has 3 aromatic rings. The zero-order valence-electron chi connectivity index (χ0n) is 14.7. The Morgan fingerprint density at radius 2 is 1.79 bits per heavy atom. The van der Waals surface area contributed by atoms with Gasteiger partial charge in [0.05, 0.1) is 5.69 Å². The minimum absolute atomic E-state index is 0.324. The fourth-order valence-electron chi connectivity index (χ4n) is 2.74. The molecule has 3 nitrogen and oxygen atoms in total. The van der Waals surface area contributed by atoms with Gasteiger partial charge < -0.3 is 0 Å². The van der Waals surface area contributed by atoms with Gasteiger partial charge in [-0.15, -0.1) is 10.2 Å². The van der Waals surface area contributed by atoms with Gasteiger partial charge in [-0.1, -0.05) is 73.6 Å². The summed E-state index contributed by atoms with van der Waals surface area (Å²) in [6.07, 6.45) is 0. The number of nitrogens with zero attached hydrogens (tertiary/aromatic N) is 3. The molecule has 0 amide bonds. The lowest BCUT2D eigenvalue weighted by Crippen LogP contribution is -2.06. The second-order valence-electron chi connectivity index (χ2n) is 6.40. The predicted octanol–water partition coefficient (Wildman–Crippen LogP) is 5.30. The van der Waals surface area contributed by atoms with E-state index in [4.69, 9.17) is 0 Å². The van der Waals surface area contributed by atoms with Crippen LogP contribution in [-0.2, 0) is 5.75 Å². The Kier molecular flexibility index (Phi) is 5.05. The Hall–Kier alpha value is -2.07. The quantitative estimate of drug-likeness (QED) is 0.592. The molecule has 24 heavy (non-hydrogen) atoms. The molecular formula is C20H23N3S. The fourth-order valence-corrected chi connectivity index (χ4v) is 3.63. The van der Waals surface area contributed by atoms with E-state index < -0.39 is 0 Å². The summed E-state index contributed by atoms with van der Waals surface area (Å²) in [6.45, 7) is 8.58. The van der Waals surface area contributed by atoms with E-state index >= 15 is 0 Å². The SMILES string of the molecule is Cc1cccc(CSc2nnc(C(C)C)n2-c2ccccc2C)c1. The van der Waals surface area contributed by atoms with E-state index in [0.29, 0.717) is 5.92 Å². The Balaban J connectivity index is 1.95. The average Bonchev–Trinajstić information content (AvgIpc) is 2.97. The molecule has 1 aromatic heterocycles. The molecule has 0 saturated heterocycles. The highest BCUT2D eigenvalue weighted by Crippen LogP contribution is 2.29. The molecule has 0 unspecified atom stereocenters. The second-order valence-corrected chi connectivity index (χ2v) is 7.34. The average molecular weight is 337 g/mol. The van der Waals surface area contributed by atoms with E-state index in [1.165, 1.54) is 16.7 Å². The number of para-hydroxylation sites is 1. The van der Waals surface area contributed by atoms with Crippen molar-refractivity contribution in [1.82, 2.24) is 14.8 Å². The Morgan fingerprint density at radius 1 is 1.00 bits per heavy atom. The van der Waals surface area contributed by atoms with Gasteiger partial charge in [-0.25, -0.2) is 0 Å². The van der Waals surface area contributed by atoms with Crippen LogP contribution >= 0.6 is 11.8 Å². The van der Waals surface area contributed by atoms with Crippen LogP contribution in [-0.4, -0.2) is 14.8 Å². The third-order valence-corrected chi connectivity index (χ3v) is 4.98. The maximum absolute atomic E-state index is 4.47. The lowest BCUT2D eigenvalue weighted by molar-refractivity contribution is 0.730. The van der Waals surface area contributed by atoms with E-state index in [1.807, 2.05) is 0 Å². The largest absolute Gasteiger partial charge is 0.274 e. The molecule has 0 aliphatic heterocycles. The van der Waals surface area contributed by atoms with Crippen molar-refractivity contribution in [2.24, 2.45) is 0 Å². The molecule has 0 aliphatic carbocycles. The minimum Gasteiger partial charge on any atom is -0.274 e. The highest BCUT2D eigenvalue weighted by molar-refractivity contribution is 7.98. The van der Waals surface area contributed by atoms with Crippen LogP contribution in [0.5, 0.6) is 0 Å². The number of hydrogen-bond donors (Lipinski definition) is 0. The smallest absolute Gasteiger partial charge is 0.196 e. The molecule has 0 atom stereocenters. The lowest BCUT2D eigenvalue weighted by atomic mass is 10.1. The van der Waals surface area contributed by atoms with Gasteiger partial charge in [0.25, 0.3) is 0 Å². The summed E-state index contributed by atoms with van der Waals surface area (Å²) >= 11 is 1.74. The third kappa shape index (κ3) is 3.54. The molecule has 124 valence electrons. The van der Waals surface area contributed by atoms with Crippen LogP contribution in [0.4, 0.5) is 0 Å². The highest BCUT2D eigenvalue weighted by atomic mass is 32.2. The minimum atomic E-state index is 0.324. The molecule has 0 radical (unpaired) electrons. The molecule has 0 saturated carbocycles. The third-order valence-electron chi connectivity index (χ3n) is 3.98. The van der Waals surface area contributed by atoms with E-state index in [1.54, 1.807) is 11.8 Å². The summed E-state index contributed by atoms with van der Waals surface area (Å²) in [5, 5.41) is 9.88. The summed E-state index contributed by atoms with van der Waals surface area (Å²) in [6, 6.07) is 17.0. The number of benzene rings is 2. The van der Waals surface area contributed by atoms with Crippen LogP contribution in [0.3, 0.4) is 0 Å². The number of hydrogen-bond acceptors (Lipinski definition) is 3. The zero-order valence-corrected chi connectivity index (χ0v) is 15.5. The molecule has 1 heterocycles. The van der Waals surface area contributed by atoms with E-state index in [9.17, 15) is 0 Å². The first-order valence-corrected chi connectivity index (χ1v) is 9.24.